The van der Waals surface area contributed by atoms with Gasteiger partial charge >= 0.3 is 0 Å². The minimum atomic E-state index is -3.71. The summed E-state index contributed by atoms with van der Waals surface area (Å²) in [6.07, 6.45) is 8.81. The number of rotatable bonds is 13. The van der Waals surface area contributed by atoms with E-state index in [1.54, 1.807) is 19.1 Å². The van der Waals surface area contributed by atoms with Crippen LogP contribution in [-0.2, 0) is 19.6 Å². The quantitative estimate of drug-likeness (QED) is 0.235. The summed E-state index contributed by atoms with van der Waals surface area (Å²) in [5.74, 6) is -0.253. The van der Waals surface area contributed by atoms with Gasteiger partial charge in [0.1, 0.15) is 17.3 Å². The molecule has 250 valence electrons. The molecule has 0 spiro atoms. The molecule has 2 aromatic carbocycles. The summed E-state index contributed by atoms with van der Waals surface area (Å²) in [5, 5.41) is 0. The molecular weight excluding hydrogens is 589 g/mol. The molecule has 0 aromatic heterocycles. The van der Waals surface area contributed by atoms with Crippen molar-refractivity contribution in [3.63, 3.8) is 0 Å². The molecule has 1 amide bonds. The van der Waals surface area contributed by atoms with Crippen LogP contribution in [0.2, 0.25) is 0 Å². The smallest absolute Gasteiger partial charge is 0.240 e. The molecule has 4 atom stereocenters. The highest BCUT2D eigenvalue weighted by molar-refractivity contribution is 7.89. The monoisotopic (exact) mass is 643 g/mol. The van der Waals surface area contributed by atoms with Crippen LogP contribution >= 0.6 is 0 Å². The lowest BCUT2D eigenvalue weighted by molar-refractivity contribution is -0.124. The van der Waals surface area contributed by atoms with E-state index in [4.69, 9.17) is 4.74 Å². The fraction of sp³-hybridized carbons (Fsp3) is 0.622. The van der Waals surface area contributed by atoms with Crippen molar-refractivity contribution < 1.29 is 27.1 Å². The Bertz CT molecular complexity index is 1430. The van der Waals surface area contributed by atoms with Crippen molar-refractivity contribution in [2.45, 2.75) is 124 Å². The molecule has 2 aromatic rings. The van der Waals surface area contributed by atoms with Gasteiger partial charge in [-0.25, -0.2) is 12.8 Å². The Morgan fingerprint density at radius 1 is 1.04 bits per heavy atom. The number of nitrogens with one attached hydrogen (secondary N) is 1. The molecule has 2 saturated carbocycles. The average Bonchev–Trinajstić information content (AvgIpc) is 3.39. The molecular formula is C37H54FNO5S. The summed E-state index contributed by atoms with van der Waals surface area (Å²) in [4.78, 5) is 25.8. The molecule has 0 aliphatic heterocycles. The van der Waals surface area contributed by atoms with Crippen LogP contribution in [0.15, 0.2) is 36.4 Å². The maximum atomic E-state index is 15.3. The van der Waals surface area contributed by atoms with Crippen LogP contribution in [0, 0.1) is 23.1 Å². The lowest BCUT2D eigenvalue weighted by Gasteiger charge is -2.29. The number of carbonyl (C=O) groups is 2. The molecule has 2 aliphatic carbocycles. The summed E-state index contributed by atoms with van der Waals surface area (Å²) in [6.45, 7) is 14.3. The Morgan fingerprint density at radius 3 is 2.33 bits per heavy atom. The fourth-order valence-electron chi connectivity index (χ4n) is 6.51. The number of Topliss-reactive ketones (excluding diaryl/α,β-unsaturated/α-hetero) is 1. The summed E-state index contributed by atoms with van der Waals surface area (Å²) in [7, 11) is -3.71. The van der Waals surface area contributed by atoms with Crippen LogP contribution in [0.4, 0.5) is 4.39 Å². The highest BCUT2D eigenvalue weighted by Crippen LogP contribution is 2.46. The minimum Gasteiger partial charge on any atom is -0.490 e. The second-order valence-electron chi connectivity index (χ2n) is 13.8. The largest absolute Gasteiger partial charge is 0.490 e. The third-order valence-corrected chi connectivity index (χ3v) is 10.3. The molecule has 0 radical (unpaired) electrons. The van der Waals surface area contributed by atoms with Crippen molar-refractivity contribution >= 4 is 21.7 Å². The number of halogens is 1. The number of ketones is 1. The van der Waals surface area contributed by atoms with Gasteiger partial charge in [-0.15, -0.1) is 0 Å². The molecule has 2 fully saturated rings. The van der Waals surface area contributed by atoms with Crippen molar-refractivity contribution in [2.75, 3.05) is 6.26 Å². The fourth-order valence-corrected chi connectivity index (χ4v) is 7.05. The van der Waals surface area contributed by atoms with Gasteiger partial charge in [-0.2, -0.15) is 0 Å². The van der Waals surface area contributed by atoms with Crippen molar-refractivity contribution in [1.82, 2.24) is 4.72 Å². The first-order valence-electron chi connectivity index (χ1n) is 16.8. The predicted molar refractivity (Wildman–Crippen MR) is 180 cm³/mol. The molecule has 0 saturated heterocycles. The maximum Gasteiger partial charge on any atom is 0.240 e. The zero-order valence-corrected chi connectivity index (χ0v) is 29.4. The van der Waals surface area contributed by atoms with E-state index in [0.29, 0.717) is 34.6 Å². The zero-order valence-electron chi connectivity index (χ0n) is 28.5. The molecule has 6 nitrogen and oxygen atoms in total. The number of amides is 1. The van der Waals surface area contributed by atoms with E-state index < -0.39 is 21.8 Å². The summed E-state index contributed by atoms with van der Waals surface area (Å²) in [5.41, 5.74) is 2.88. The molecule has 8 heteroatoms. The van der Waals surface area contributed by atoms with E-state index in [9.17, 15) is 18.0 Å². The predicted octanol–water partition coefficient (Wildman–Crippen LogP) is 8.93. The molecule has 0 heterocycles. The van der Waals surface area contributed by atoms with E-state index in [1.807, 2.05) is 39.0 Å². The van der Waals surface area contributed by atoms with Crippen LogP contribution in [0.3, 0.4) is 0 Å². The number of hydrogen-bond donors (Lipinski definition) is 1. The van der Waals surface area contributed by atoms with Gasteiger partial charge in [0.2, 0.25) is 15.9 Å². The topological polar surface area (TPSA) is 89.5 Å². The van der Waals surface area contributed by atoms with Gasteiger partial charge in [0.05, 0.1) is 18.3 Å². The second-order valence-corrected chi connectivity index (χ2v) is 15.5. The normalized spacial score (nSPS) is 19.9. The van der Waals surface area contributed by atoms with E-state index in [0.717, 1.165) is 63.2 Å². The van der Waals surface area contributed by atoms with Crippen LogP contribution in [0.5, 0.6) is 5.75 Å². The number of carbonyl (C=O) groups excluding carboxylic acids is 2. The minimum absolute atomic E-state index is 0.0360. The van der Waals surface area contributed by atoms with Crippen LogP contribution in [0.1, 0.15) is 129 Å². The van der Waals surface area contributed by atoms with Crippen molar-refractivity contribution in [2.24, 2.45) is 17.3 Å². The van der Waals surface area contributed by atoms with Gasteiger partial charge < -0.3 is 4.74 Å². The molecule has 2 aliphatic rings. The van der Waals surface area contributed by atoms with Crippen molar-refractivity contribution in [1.29, 1.82) is 0 Å². The zero-order chi connectivity index (χ0) is 33.5. The first-order valence-corrected chi connectivity index (χ1v) is 18.7. The van der Waals surface area contributed by atoms with Crippen LogP contribution < -0.4 is 9.46 Å². The lowest BCUT2D eigenvalue weighted by atomic mass is 9.76. The van der Waals surface area contributed by atoms with Crippen LogP contribution in [-0.4, -0.2) is 32.5 Å². The van der Waals surface area contributed by atoms with Crippen LogP contribution in [0.25, 0.3) is 11.1 Å². The molecule has 4 rings (SSSR count). The number of sulfonamides is 1. The SMILES string of the molecule is CC.CCC(C)(C)C[C@H](C)C(=O)C[C@@H]1CC[C@@H](Oc2ccc([C@H](C)C(=O)NS(C)(=O)=O)cc2-c2cccc(F)c2C2CCC2)C1. The summed E-state index contributed by atoms with van der Waals surface area (Å²) < 4.78 is 47.3. The Balaban J connectivity index is 0.00000271. The van der Waals surface area contributed by atoms with Gasteiger partial charge in [0.15, 0.2) is 0 Å². The number of ether oxygens (including phenoxy) is 1. The third kappa shape index (κ3) is 9.87. The van der Waals surface area contributed by atoms with Gasteiger partial charge in [0.25, 0.3) is 0 Å². The summed E-state index contributed by atoms with van der Waals surface area (Å²) in [6, 6.07) is 10.5. The Kier molecular flexibility index (Phi) is 12.8. The number of hydrogen-bond acceptors (Lipinski definition) is 5. The first-order chi connectivity index (χ1) is 21.2. The second kappa shape index (κ2) is 15.7. The van der Waals surface area contributed by atoms with Gasteiger partial charge in [-0.1, -0.05) is 72.6 Å². The van der Waals surface area contributed by atoms with Crippen molar-refractivity contribution in [3.05, 3.63) is 53.3 Å². The van der Waals surface area contributed by atoms with E-state index in [-0.39, 0.29) is 35.1 Å². The number of benzene rings is 2. The molecule has 0 unspecified atom stereocenters. The standard InChI is InChI=1S/C35H48FNO5S.C2H6/c1-7-35(4,5)21-22(2)31(38)19-24-14-16-27(18-24)42-32-17-15-26(23(3)34(39)37-43(6,40)41)20-29(32)28-12-9-13-30(36)33(28)25-10-8-11-25;1-2/h9,12-13,15,17,20,22-25,27H,7-8,10-11,14,16,18-19,21H2,1-6H3,(H,37,39);1-2H3/t22-,23-,24+,27+;/m0./s1. The van der Waals surface area contributed by atoms with Gasteiger partial charge in [-0.05, 0) is 97.6 Å². The lowest BCUT2D eigenvalue weighted by Crippen LogP contribution is -2.32. The Morgan fingerprint density at radius 2 is 1.73 bits per heavy atom. The summed E-state index contributed by atoms with van der Waals surface area (Å²) >= 11 is 0. The van der Waals surface area contributed by atoms with Gasteiger partial charge in [-0.3, -0.25) is 14.3 Å². The van der Waals surface area contributed by atoms with E-state index in [1.165, 1.54) is 6.07 Å². The van der Waals surface area contributed by atoms with Gasteiger partial charge in [0, 0.05) is 17.9 Å². The molecule has 0 bridgehead atoms. The highest BCUT2D eigenvalue weighted by atomic mass is 32.2. The Hall–Kier alpha value is -2.74. The average molecular weight is 644 g/mol. The molecule has 1 N–H and O–H groups in total. The molecule has 45 heavy (non-hydrogen) atoms. The van der Waals surface area contributed by atoms with E-state index in [2.05, 4.69) is 25.5 Å². The third-order valence-electron chi connectivity index (χ3n) is 9.68. The maximum absolute atomic E-state index is 15.3. The Labute approximate surface area is 271 Å². The first kappa shape index (κ1) is 36.7. The van der Waals surface area contributed by atoms with Crippen molar-refractivity contribution in [3.8, 4) is 16.9 Å². The van der Waals surface area contributed by atoms with E-state index >= 15 is 4.39 Å². The highest BCUT2D eigenvalue weighted by Gasteiger charge is 2.32.